The molecule has 1 rings (SSSR count). The third-order valence-electron chi connectivity index (χ3n) is 2.38. The lowest BCUT2D eigenvalue weighted by Gasteiger charge is -2.40. The first kappa shape index (κ1) is 8.02. The molecule has 2 atom stereocenters. The Labute approximate surface area is 63.0 Å². The van der Waals surface area contributed by atoms with E-state index in [-0.39, 0.29) is 11.8 Å². The largest absolute Gasteiger partial charge is 0.357 e. The van der Waals surface area contributed by atoms with E-state index in [1.54, 1.807) is 0 Å². The van der Waals surface area contributed by atoms with Gasteiger partial charge in [0, 0.05) is 6.54 Å². The molecule has 1 aliphatic rings. The molecule has 1 heterocycles. The number of nitrogens with one attached hydrogen (secondary N) is 1. The van der Waals surface area contributed by atoms with Gasteiger partial charge in [-0.2, -0.15) is 0 Å². The SMILES string of the molecule is C[C@@H]1NC[C@@H](C)C(C)(C)O1. The Hall–Kier alpha value is -0.0800. The molecule has 1 saturated heterocycles. The van der Waals surface area contributed by atoms with Gasteiger partial charge >= 0.3 is 0 Å². The van der Waals surface area contributed by atoms with Gasteiger partial charge in [-0.25, -0.2) is 0 Å². The molecular weight excluding hydrogens is 126 g/mol. The fraction of sp³-hybridized carbons (Fsp3) is 1.00. The van der Waals surface area contributed by atoms with E-state index < -0.39 is 0 Å². The lowest BCUT2D eigenvalue weighted by molar-refractivity contribution is -0.136. The fourth-order valence-electron chi connectivity index (χ4n) is 1.20. The van der Waals surface area contributed by atoms with Crippen molar-refractivity contribution >= 4 is 0 Å². The van der Waals surface area contributed by atoms with E-state index >= 15 is 0 Å². The third kappa shape index (κ3) is 1.50. The van der Waals surface area contributed by atoms with Crippen molar-refractivity contribution in [3.05, 3.63) is 0 Å². The van der Waals surface area contributed by atoms with Crippen molar-refractivity contribution in [3.63, 3.8) is 0 Å². The molecule has 1 aliphatic heterocycles. The first-order valence-corrected chi connectivity index (χ1v) is 3.93. The van der Waals surface area contributed by atoms with Crippen LogP contribution in [0.3, 0.4) is 0 Å². The highest BCUT2D eigenvalue weighted by atomic mass is 16.5. The van der Waals surface area contributed by atoms with Gasteiger partial charge in [-0.15, -0.1) is 0 Å². The molecule has 0 aromatic carbocycles. The zero-order valence-corrected chi connectivity index (χ0v) is 7.27. The Morgan fingerprint density at radius 1 is 1.40 bits per heavy atom. The number of hydrogen-bond donors (Lipinski definition) is 1. The van der Waals surface area contributed by atoms with Gasteiger partial charge in [0.05, 0.1) is 5.60 Å². The van der Waals surface area contributed by atoms with Crippen LogP contribution in [-0.4, -0.2) is 18.4 Å². The molecule has 0 bridgehead atoms. The summed E-state index contributed by atoms with van der Waals surface area (Å²) in [4.78, 5) is 0. The van der Waals surface area contributed by atoms with Crippen LogP contribution in [0.2, 0.25) is 0 Å². The van der Waals surface area contributed by atoms with Crippen LogP contribution in [-0.2, 0) is 4.74 Å². The second-order valence-electron chi connectivity index (χ2n) is 3.67. The molecule has 0 radical (unpaired) electrons. The number of rotatable bonds is 0. The van der Waals surface area contributed by atoms with Crippen molar-refractivity contribution < 1.29 is 4.74 Å². The monoisotopic (exact) mass is 143 g/mol. The van der Waals surface area contributed by atoms with Crippen LogP contribution in [0, 0.1) is 5.92 Å². The summed E-state index contributed by atoms with van der Waals surface area (Å²) in [6, 6.07) is 0. The van der Waals surface area contributed by atoms with Gasteiger partial charge in [0.1, 0.15) is 6.23 Å². The predicted octanol–water partition coefficient (Wildman–Crippen LogP) is 1.37. The van der Waals surface area contributed by atoms with Crippen LogP contribution >= 0.6 is 0 Å². The van der Waals surface area contributed by atoms with Crippen LogP contribution in [0.15, 0.2) is 0 Å². The molecule has 1 N–H and O–H groups in total. The molecule has 0 spiro atoms. The van der Waals surface area contributed by atoms with Gasteiger partial charge in [0.2, 0.25) is 0 Å². The van der Waals surface area contributed by atoms with Crippen molar-refractivity contribution in [2.75, 3.05) is 6.54 Å². The topological polar surface area (TPSA) is 21.3 Å². The molecule has 0 amide bonds. The number of ether oxygens (including phenoxy) is 1. The molecule has 1 fully saturated rings. The maximum Gasteiger partial charge on any atom is 0.106 e. The standard InChI is InChI=1S/C8H17NO/c1-6-5-9-7(2)10-8(6,3)4/h6-7,9H,5H2,1-4H3/t6-,7-/m1/s1. The summed E-state index contributed by atoms with van der Waals surface area (Å²) in [7, 11) is 0. The van der Waals surface area contributed by atoms with Crippen molar-refractivity contribution in [2.24, 2.45) is 5.92 Å². The smallest absolute Gasteiger partial charge is 0.106 e. The molecule has 0 unspecified atom stereocenters. The van der Waals surface area contributed by atoms with E-state index in [4.69, 9.17) is 4.74 Å². The summed E-state index contributed by atoms with van der Waals surface area (Å²) < 4.78 is 5.67. The summed E-state index contributed by atoms with van der Waals surface area (Å²) in [5.74, 6) is 0.601. The Morgan fingerprint density at radius 2 is 2.00 bits per heavy atom. The van der Waals surface area contributed by atoms with Crippen molar-refractivity contribution in [2.45, 2.75) is 39.5 Å². The quantitative estimate of drug-likeness (QED) is 0.553. The minimum atomic E-state index is 0.0463. The minimum absolute atomic E-state index is 0.0463. The van der Waals surface area contributed by atoms with E-state index in [2.05, 4.69) is 26.1 Å². The third-order valence-corrected chi connectivity index (χ3v) is 2.38. The van der Waals surface area contributed by atoms with E-state index in [0.717, 1.165) is 6.54 Å². The zero-order chi connectivity index (χ0) is 7.78. The normalized spacial score (nSPS) is 39.6. The van der Waals surface area contributed by atoms with Crippen LogP contribution in [0.5, 0.6) is 0 Å². The highest BCUT2D eigenvalue weighted by Gasteiger charge is 2.32. The van der Waals surface area contributed by atoms with Crippen LogP contribution in [0.1, 0.15) is 27.7 Å². The average molecular weight is 143 g/mol. The van der Waals surface area contributed by atoms with Gasteiger partial charge in [0.25, 0.3) is 0 Å². The van der Waals surface area contributed by atoms with E-state index in [0.29, 0.717) is 5.92 Å². The molecule has 10 heavy (non-hydrogen) atoms. The molecule has 0 aromatic heterocycles. The minimum Gasteiger partial charge on any atom is -0.357 e. The first-order valence-electron chi connectivity index (χ1n) is 3.93. The first-order chi connectivity index (χ1) is 4.52. The average Bonchev–Trinajstić information content (AvgIpc) is 1.78. The molecule has 0 saturated carbocycles. The van der Waals surface area contributed by atoms with E-state index in [1.165, 1.54) is 0 Å². The number of hydrogen-bond acceptors (Lipinski definition) is 2. The van der Waals surface area contributed by atoms with Gasteiger partial charge < -0.3 is 4.74 Å². The summed E-state index contributed by atoms with van der Waals surface area (Å²) in [5.41, 5.74) is 0.0463. The Morgan fingerprint density at radius 3 is 2.40 bits per heavy atom. The second-order valence-corrected chi connectivity index (χ2v) is 3.67. The summed E-state index contributed by atoms with van der Waals surface area (Å²) >= 11 is 0. The Balaban J connectivity index is 2.55. The second kappa shape index (κ2) is 2.51. The molecule has 60 valence electrons. The van der Waals surface area contributed by atoms with Crippen molar-refractivity contribution in [1.82, 2.24) is 5.32 Å². The highest BCUT2D eigenvalue weighted by molar-refractivity contribution is 4.82. The van der Waals surface area contributed by atoms with Crippen molar-refractivity contribution in [3.8, 4) is 0 Å². The van der Waals surface area contributed by atoms with Gasteiger partial charge in [-0.3, -0.25) is 5.32 Å². The van der Waals surface area contributed by atoms with E-state index in [9.17, 15) is 0 Å². The molecule has 0 aliphatic carbocycles. The molecular formula is C8H17NO. The van der Waals surface area contributed by atoms with Gasteiger partial charge in [0.15, 0.2) is 0 Å². The summed E-state index contributed by atoms with van der Waals surface area (Å²) in [6.07, 6.45) is 0.214. The maximum atomic E-state index is 5.67. The lowest BCUT2D eigenvalue weighted by Crippen LogP contribution is -2.51. The van der Waals surface area contributed by atoms with Crippen LogP contribution in [0.4, 0.5) is 0 Å². The molecule has 2 nitrogen and oxygen atoms in total. The van der Waals surface area contributed by atoms with Crippen molar-refractivity contribution in [1.29, 1.82) is 0 Å². The predicted molar refractivity (Wildman–Crippen MR) is 41.8 cm³/mol. The molecule has 2 heteroatoms. The van der Waals surface area contributed by atoms with Gasteiger partial charge in [-0.05, 0) is 26.7 Å². The van der Waals surface area contributed by atoms with Crippen LogP contribution in [0.25, 0.3) is 0 Å². The Bertz CT molecular complexity index is 122. The fourth-order valence-corrected chi connectivity index (χ4v) is 1.20. The maximum absolute atomic E-state index is 5.67. The Kier molecular flexibility index (Phi) is 2.02. The zero-order valence-electron chi connectivity index (χ0n) is 7.27. The lowest BCUT2D eigenvalue weighted by atomic mass is 9.91. The highest BCUT2D eigenvalue weighted by Crippen LogP contribution is 2.24. The van der Waals surface area contributed by atoms with Gasteiger partial charge in [-0.1, -0.05) is 6.92 Å². The van der Waals surface area contributed by atoms with E-state index in [1.807, 2.05) is 6.92 Å². The molecule has 0 aromatic rings. The summed E-state index contributed by atoms with van der Waals surface area (Å²) in [5, 5.41) is 3.27. The van der Waals surface area contributed by atoms with Crippen LogP contribution < -0.4 is 5.32 Å². The summed E-state index contributed by atoms with van der Waals surface area (Å²) in [6.45, 7) is 9.62.